The van der Waals surface area contributed by atoms with Crippen LogP contribution in [-0.2, 0) is 4.79 Å². The number of amides is 1. The molecule has 5 nitrogen and oxygen atoms in total. The van der Waals surface area contributed by atoms with Crippen molar-refractivity contribution in [1.82, 2.24) is 15.3 Å². The zero-order chi connectivity index (χ0) is 12.4. The van der Waals surface area contributed by atoms with Gasteiger partial charge in [0.25, 0.3) is 0 Å². The monoisotopic (exact) mass is 298 g/mol. The smallest absolute Gasteiger partial charge is 0.243 e. The molecule has 0 aliphatic carbocycles. The highest BCUT2D eigenvalue weighted by molar-refractivity contribution is 9.10. The minimum absolute atomic E-state index is 0.0535. The van der Waals surface area contributed by atoms with Crippen LogP contribution < -0.4 is 10.2 Å². The van der Waals surface area contributed by atoms with Crippen molar-refractivity contribution in [3.05, 3.63) is 16.9 Å². The Morgan fingerprint density at radius 3 is 2.71 bits per heavy atom. The predicted octanol–water partition coefficient (Wildman–Crippen LogP) is 1.20. The van der Waals surface area contributed by atoms with E-state index in [0.29, 0.717) is 12.5 Å². The van der Waals surface area contributed by atoms with Crippen LogP contribution >= 0.6 is 15.9 Å². The maximum absolute atomic E-state index is 11.9. The molecule has 0 spiro atoms. The minimum atomic E-state index is -0.190. The maximum atomic E-state index is 11.9. The number of piperazine rings is 1. The molecule has 1 fully saturated rings. The van der Waals surface area contributed by atoms with Crippen molar-refractivity contribution in [2.75, 3.05) is 18.0 Å². The Kier molecular flexibility index (Phi) is 3.61. The summed E-state index contributed by atoms with van der Waals surface area (Å²) in [6.45, 7) is 5.44. The zero-order valence-electron chi connectivity index (χ0n) is 9.85. The fourth-order valence-electron chi connectivity index (χ4n) is 2.03. The number of anilines is 1. The van der Waals surface area contributed by atoms with Crippen LogP contribution in [0.5, 0.6) is 0 Å². The molecular weight excluding hydrogens is 284 g/mol. The van der Waals surface area contributed by atoms with E-state index >= 15 is 0 Å². The molecule has 6 heteroatoms. The third kappa shape index (κ3) is 2.57. The molecule has 1 aromatic heterocycles. The minimum Gasteiger partial charge on any atom is -0.353 e. The van der Waals surface area contributed by atoms with Crippen LogP contribution in [0.2, 0.25) is 0 Å². The fraction of sp³-hybridized carbons (Fsp3) is 0.545. The molecule has 1 aliphatic rings. The average Bonchev–Trinajstić information content (AvgIpc) is 2.29. The third-order valence-electron chi connectivity index (χ3n) is 2.75. The molecule has 1 saturated heterocycles. The number of nitrogens with zero attached hydrogens (tertiary/aromatic N) is 3. The number of aromatic nitrogens is 2. The molecular formula is C11H15BrN4O. The Labute approximate surface area is 109 Å². The van der Waals surface area contributed by atoms with Crippen molar-refractivity contribution in [2.45, 2.75) is 19.9 Å². The average molecular weight is 299 g/mol. The van der Waals surface area contributed by atoms with Gasteiger partial charge in [0.2, 0.25) is 11.9 Å². The molecule has 1 atom stereocenters. The number of carbonyl (C=O) groups is 1. The van der Waals surface area contributed by atoms with Crippen LogP contribution in [0.1, 0.15) is 13.8 Å². The molecule has 1 aliphatic heterocycles. The predicted molar refractivity (Wildman–Crippen MR) is 68.7 cm³/mol. The molecule has 92 valence electrons. The second kappa shape index (κ2) is 5.00. The van der Waals surface area contributed by atoms with Crippen LogP contribution in [-0.4, -0.2) is 35.0 Å². The van der Waals surface area contributed by atoms with Crippen LogP contribution in [0, 0.1) is 5.92 Å². The van der Waals surface area contributed by atoms with Gasteiger partial charge in [0, 0.05) is 25.5 Å². The summed E-state index contributed by atoms with van der Waals surface area (Å²) in [6, 6.07) is -0.190. The number of rotatable bonds is 2. The summed E-state index contributed by atoms with van der Waals surface area (Å²) in [5, 5.41) is 2.88. The Morgan fingerprint density at radius 2 is 2.12 bits per heavy atom. The number of hydrogen-bond donors (Lipinski definition) is 1. The first kappa shape index (κ1) is 12.3. The number of halogens is 1. The van der Waals surface area contributed by atoms with E-state index in [0.717, 1.165) is 11.0 Å². The second-order valence-corrected chi connectivity index (χ2v) is 5.29. The highest BCUT2D eigenvalue weighted by Crippen LogP contribution is 2.20. The van der Waals surface area contributed by atoms with Gasteiger partial charge in [-0.05, 0) is 21.8 Å². The van der Waals surface area contributed by atoms with Crippen LogP contribution in [0.4, 0.5) is 5.95 Å². The Hall–Kier alpha value is -1.17. The fourth-order valence-corrected chi connectivity index (χ4v) is 2.23. The quantitative estimate of drug-likeness (QED) is 0.891. The summed E-state index contributed by atoms with van der Waals surface area (Å²) in [6.07, 6.45) is 3.40. The van der Waals surface area contributed by atoms with Gasteiger partial charge < -0.3 is 10.2 Å². The molecule has 2 rings (SSSR count). The largest absolute Gasteiger partial charge is 0.353 e. The Balaban J connectivity index is 2.28. The van der Waals surface area contributed by atoms with Gasteiger partial charge >= 0.3 is 0 Å². The van der Waals surface area contributed by atoms with Crippen molar-refractivity contribution < 1.29 is 4.79 Å². The number of hydrogen-bond acceptors (Lipinski definition) is 4. The van der Waals surface area contributed by atoms with Crippen molar-refractivity contribution >= 4 is 27.8 Å². The van der Waals surface area contributed by atoms with Crippen molar-refractivity contribution in [3.63, 3.8) is 0 Å². The maximum Gasteiger partial charge on any atom is 0.243 e. The molecule has 0 saturated carbocycles. The van der Waals surface area contributed by atoms with Gasteiger partial charge in [-0.2, -0.15) is 0 Å². The third-order valence-corrected chi connectivity index (χ3v) is 3.16. The summed E-state index contributed by atoms with van der Waals surface area (Å²) < 4.78 is 0.837. The van der Waals surface area contributed by atoms with E-state index in [4.69, 9.17) is 0 Å². The molecule has 1 aromatic rings. The highest BCUT2D eigenvalue weighted by Gasteiger charge is 2.33. The van der Waals surface area contributed by atoms with E-state index in [1.807, 2.05) is 18.7 Å². The van der Waals surface area contributed by atoms with Gasteiger partial charge in [-0.15, -0.1) is 0 Å². The molecule has 0 bridgehead atoms. The SMILES string of the molecule is CC(C)[C@@H]1C(=O)NCCN1c1ncc(Br)cn1. The lowest BCUT2D eigenvalue weighted by Crippen LogP contribution is -2.58. The summed E-state index contributed by atoms with van der Waals surface area (Å²) in [4.78, 5) is 22.4. The molecule has 2 heterocycles. The van der Waals surface area contributed by atoms with E-state index in [9.17, 15) is 4.79 Å². The first-order valence-corrected chi connectivity index (χ1v) is 6.41. The molecule has 1 amide bonds. The molecule has 0 radical (unpaired) electrons. The van der Waals surface area contributed by atoms with Gasteiger partial charge in [-0.3, -0.25) is 4.79 Å². The van der Waals surface area contributed by atoms with E-state index < -0.39 is 0 Å². The zero-order valence-corrected chi connectivity index (χ0v) is 11.4. The molecule has 0 aromatic carbocycles. The second-order valence-electron chi connectivity index (χ2n) is 4.37. The van der Waals surface area contributed by atoms with Gasteiger partial charge in [0.1, 0.15) is 6.04 Å². The molecule has 0 unspecified atom stereocenters. The Morgan fingerprint density at radius 1 is 1.47 bits per heavy atom. The van der Waals surface area contributed by atoms with Gasteiger partial charge in [-0.25, -0.2) is 9.97 Å². The van der Waals surface area contributed by atoms with Crippen molar-refractivity contribution in [3.8, 4) is 0 Å². The lowest BCUT2D eigenvalue weighted by molar-refractivity contribution is -0.124. The van der Waals surface area contributed by atoms with E-state index in [1.54, 1.807) is 12.4 Å². The van der Waals surface area contributed by atoms with Crippen molar-refractivity contribution in [1.29, 1.82) is 0 Å². The number of carbonyl (C=O) groups excluding carboxylic acids is 1. The standard InChI is InChI=1S/C11H15BrN4O/c1-7(2)9-10(17)13-3-4-16(9)11-14-5-8(12)6-15-11/h5-7,9H,3-4H2,1-2H3,(H,13,17)/t9-/m1/s1. The van der Waals surface area contributed by atoms with E-state index in [2.05, 4.69) is 31.2 Å². The normalized spacial score (nSPS) is 20.6. The summed E-state index contributed by atoms with van der Waals surface area (Å²) in [5.41, 5.74) is 0. The lowest BCUT2D eigenvalue weighted by atomic mass is 10.0. The van der Waals surface area contributed by atoms with Crippen LogP contribution in [0.15, 0.2) is 16.9 Å². The summed E-state index contributed by atoms with van der Waals surface area (Å²) in [5.74, 6) is 0.891. The summed E-state index contributed by atoms with van der Waals surface area (Å²) >= 11 is 3.30. The number of nitrogens with one attached hydrogen (secondary N) is 1. The van der Waals surface area contributed by atoms with Gasteiger partial charge in [0.15, 0.2) is 0 Å². The summed E-state index contributed by atoms with van der Waals surface area (Å²) in [7, 11) is 0. The highest BCUT2D eigenvalue weighted by atomic mass is 79.9. The topological polar surface area (TPSA) is 58.1 Å². The lowest BCUT2D eigenvalue weighted by Gasteiger charge is -2.37. The van der Waals surface area contributed by atoms with Crippen molar-refractivity contribution in [2.24, 2.45) is 5.92 Å². The first-order valence-electron chi connectivity index (χ1n) is 5.61. The van der Waals surface area contributed by atoms with Gasteiger partial charge in [0.05, 0.1) is 4.47 Å². The van der Waals surface area contributed by atoms with Crippen LogP contribution in [0.25, 0.3) is 0 Å². The van der Waals surface area contributed by atoms with E-state index in [-0.39, 0.29) is 17.9 Å². The van der Waals surface area contributed by atoms with Gasteiger partial charge in [-0.1, -0.05) is 13.8 Å². The van der Waals surface area contributed by atoms with Crippen LogP contribution in [0.3, 0.4) is 0 Å². The Bertz CT molecular complexity index is 406. The molecule has 1 N–H and O–H groups in total. The van der Waals surface area contributed by atoms with E-state index in [1.165, 1.54) is 0 Å². The molecule has 17 heavy (non-hydrogen) atoms. The first-order chi connectivity index (χ1) is 8.09.